The van der Waals surface area contributed by atoms with Crippen LogP contribution in [0.1, 0.15) is 65.7 Å². The zero-order valence-electron chi connectivity index (χ0n) is 14.0. The standard InChI is InChI=1S/C17H33N3O/c1-4-19-17(16(18)21)10-9-15(11-17)20(12-13(2)3)14-7-5-6-8-14/h13-15,19H,4-12H2,1-3H3,(H2,18,21). The average molecular weight is 295 g/mol. The molecule has 1 amide bonds. The molecule has 2 rings (SSSR count). The molecule has 0 aliphatic heterocycles. The summed E-state index contributed by atoms with van der Waals surface area (Å²) in [6.45, 7) is 8.60. The lowest BCUT2D eigenvalue weighted by molar-refractivity contribution is -0.124. The fourth-order valence-corrected chi connectivity index (χ4v) is 4.37. The minimum absolute atomic E-state index is 0.164. The van der Waals surface area contributed by atoms with E-state index < -0.39 is 5.54 Å². The molecule has 122 valence electrons. The number of amides is 1. The van der Waals surface area contributed by atoms with Crippen LogP contribution >= 0.6 is 0 Å². The van der Waals surface area contributed by atoms with Crippen molar-refractivity contribution in [3.63, 3.8) is 0 Å². The second-order valence-corrected chi connectivity index (χ2v) is 7.40. The second kappa shape index (κ2) is 7.10. The van der Waals surface area contributed by atoms with Gasteiger partial charge in [0.2, 0.25) is 5.91 Å². The molecule has 2 atom stereocenters. The molecular weight excluding hydrogens is 262 g/mol. The molecule has 0 saturated heterocycles. The van der Waals surface area contributed by atoms with Gasteiger partial charge in [0.05, 0.1) is 5.54 Å². The molecule has 2 saturated carbocycles. The summed E-state index contributed by atoms with van der Waals surface area (Å²) >= 11 is 0. The van der Waals surface area contributed by atoms with Crippen LogP contribution in [-0.2, 0) is 4.79 Å². The number of carbonyl (C=O) groups is 1. The maximum Gasteiger partial charge on any atom is 0.237 e. The van der Waals surface area contributed by atoms with Crippen molar-refractivity contribution in [2.45, 2.75) is 83.3 Å². The van der Waals surface area contributed by atoms with E-state index in [1.165, 1.54) is 25.7 Å². The molecule has 0 spiro atoms. The van der Waals surface area contributed by atoms with Crippen LogP contribution in [0.15, 0.2) is 0 Å². The lowest BCUT2D eigenvalue weighted by Gasteiger charge is -2.37. The second-order valence-electron chi connectivity index (χ2n) is 7.40. The monoisotopic (exact) mass is 295 g/mol. The largest absolute Gasteiger partial charge is 0.368 e. The Balaban J connectivity index is 2.08. The molecule has 0 radical (unpaired) electrons. The Bertz CT molecular complexity index is 352. The van der Waals surface area contributed by atoms with E-state index in [1.807, 2.05) is 0 Å². The lowest BCUT2D eigenvalue weighted by atomic mass is 9.95. The summed E-state index contributed by atoms with van der Waals surface area (Å²) in [5.41, 5.74) is 5.25. The summed E-state index contributed by atoms with van der Waals surface area (Å²) in [6, 6.07) is 1.24. The van der Waals surface area contributed by atoms with E-state index in [1.54, 1.807) is 0 Å². The molecule has 2 aliphatic carbocycles. The van der Waals surface area contributed by atoms with E-state index in [0.717, 1.165) is 38.4 Å². The third-order valence-corrected chi connectivity index (χ3v) is 5.31. The van der Waals surface area contributed by atoms with Crippen LogP contribution in [0.4, 0.5) is 0 Å². The van der Waals surface area contributed by atoms with Crippen molar-refractivity contribution in [1.82, 2.24) is 10.2 Å². The van der Waals surface area contributed by atoms with E-state index >= 15 is 0 Å². The van der Waals surface area contributed by atoms with Gasteiger partial charge in [-0.2, -0.15) is 0 Å². The van der Waals surface area contributed by atoms with Crippen molar-refractivity contribution in [2.24, 2.45) is 11.7 Å². The maximum atomic E-state index is 12.0. The molecule has 4 heteroatoms. The molecule has 21 heavy (non-hydrogen) atoms. The van der Waals surface area contributed by atoms with Crippen LogP contribution in [0, 0.1) is 5.92 Å². The molecule has 0 heterocycles. The van der Waals surface area contributed by atoms with Crippen molar-refractivity contribution in [2.75, 3.05) is 13.1 Å². The first-order valence-electron chi connectivity index (χ1n) is 8.79. The molecule has 0 aromatic rings. The molecule has 4 nitrogen and oxygen atoms in total. The van der Waals surface area contributed by atoms with E-state index in [9.17, 15) is 4.79 Å². The van der Waals surface area contributed by atoms with Crippen LogP contribution in [0.2, 0.25) is 0 Å². The Morgan fingerprint density at radius 2 is 1.95 bits per heavy atom. The van der Waals surface area contributed by atoms with Gasteiger partial charge in [0.1, 0.15) is 0 Å². The summed E-state index contributed by atoms with van der Waals surface area (Å²) in [5.74, 6) is 0.510. The Morgan fingerprint density at radius 3 is 2.48 bits per heavy atom. The van der Waals surface area contributed by atoms with E-state index in [-0.39, 0.29) is 5.91 Å². The van der Waals surface area contributed by atoms with Crippen molar-refractivity contribution < 1.29 is 4.79 Å². The predicted octanol–water partition coefficient (Wildman–Crippen LogP) is 2.27. The number of hydrogen-bond acceptors (Lipinski definition) is 3. The Kier molecular flexibility index (Phi) is 5.67. The fourth-order valence-electron chi connectivity index (χ4n) is 4.37. The number of primary amides is 1. The van der Waals surface area contributed by atoms with Crippen LogP contribution in [0.3, 0.4) is 0 Å². The van der Waals surface area contributed by atoms with Gasteiger partial charge in [0, 0.05) is 18.6 Å². The lowest BCUT2D eigenvalue weighted by Crippen LogP contribution is -2.55. The van der Waals surface area contributed by atoms with Crippen LogP contribution < -0.4 is 11.1 Å². The van der Waals surface area contributed by atoms with Crippen molar-refractivity contribution in [3.05, 3.63) is 0 Å². The highest BCUT2D eigenvalue weighted by Gasteiger charge is 2.46. The highest BCUT2D eigenvalue weighted by Crippen LogP contribution is 2.37. The number of likely N-dealkylation sites (N-methyl/N-ethyl adjacent to an activating group) is 1. The molecule has 0 bridgehead atoms. The first kappa shape index (κ1) is 16.8. The number of carbonyl (C=O) groups excluding carboxylic acids is 1. The molecule has 2 unspecified atom stereocenters. The first-order valence-corrected chi connectivity index (χ1v) is 8.79. The highest BCUT2D eigenvalue weighted by molar-refractivity contribution is 5.85. The molecule has 0 aromatic heterocycles. The van der Waals surface area contributed by atoms with Crippen molar-refractivity contribution >= 4 is 5.91 Å². The normalized spacial score (nSPS) is 30.6. The van der Waals surface area contributed by atoms with Gasteiger partial charge in [0.25, 0.3) is 0 Å². The van der Waals surface area contributed by atoms with Gasteiger partial charge in [0.15, 0.2) is 0 Å². The number of rotatable bonds is 7. The zero-order valence-corrected chi connectivity index (χ0v) is 14.0. The number of nitrogens with one attached hydrogen (secondary N) is 1. The van der Waals surface area contributed by atoms with E-state index in [4.69, 9.17) is 5.73 Å². The van der Waals surface area contributed by atoms with Crippen LogP contribution in [0.25, 0.3) is 0 Å². The summed E-state index contributed by atoms with van der Waals surface area (Å²) in [6.07, 6.45) is 8.25. The van der Waals surface area contributed by atoms with Gasteiger partial charge in [-0.1, -0.05) is 33.6 Å². The number of nitrogens with two attached hydrogens (primary N) is 1. The third-order valence-electron chi connectivity index (χ3n) is 5.31. The summed E-state index contributed by atoms with van der Waals surface area (Å²) in [7, 11) is 0. The summed E-state index contributed by atoms with van der Waals surface area (Å²) < 4.78 is 0. The zero-order chi connectivity index (χ0) is 15.5. The molecular formula is C17H33N3O. The van der Waals surface area contributed by atoms with Gasteiger partial charge in [-0.05, 0) is 44.6 Å². The average Bonchev–Trinajstić information content (AvgIpc) is 3.06. The first-order chi connectivity index (χ1) is 9.98. The van der Waals surface area contributed by atoms with E-state index in [0.29, 0.717) is 12.0 Å². The van der Waals surface area contributed by atoms with Gasteiger partial charge in [-0.25, -0.2) is 0 Å². The smallest absolute Gasteiger partial charge is 0.237 e. The minimum Gasteiger partial charge on any atom is -0.368 e. The van der Waals surface area contributed by atoms with Crippen molar-refractivity contribution in [3.8, 4) is 0 Å². The number of hydrogen-bond donors (Lipinski definition) is 2. The third kappa shape index (κ3) is 3.78. The predicted molar refractivity (Wildman–Crippen MR) is 87.0 cm³/mol. The van der Waals surface area contributed by atoms with Gasteiger partial charge in [-0.3, -0.25) is 9.69 Å². The quantitative estimate of drug-likeness (QED) is 0.757. The van der Waals surface area contributed by atoms with Gasteiger partial charge >= 0.3 is 0 Å². The SMILES string of the molecule is CCNC1(C(N)=O)CCC(N(CC(C)C)C2CCCC2)C1. The fraction of sp³-hybridized carbons (Fsp3) is 0.941. The Labute approximate surface area is 129 Å². The van der Waals surface area contributed by atoms with Crippen molar-refractivity contribution in [1.29, 1.82) is 0 Å². The van der Waals surface area contributed by atoms with Gasteiger partial charge in [-0.15, -0.1) is 0 Å². The number of nitrogens with zero attached hydrogens (tertiary/aromatic N) is 1. The Hall–Kier alpha value is -0.610. The van der Waals surface area contributed by atoms with Gasteiger partial charge < -0.3 is 11.1 Å². The summed E-state index contributed by atoms with van der Waals surface area (Å²) in [4.78, 5) is 14.7. The highest BCUT2D eigenvalue weighted by atomic mass is 16.1. The molecule has 0 aromatic carbocycles. The maximum absolute atomic E-state index is 12.0. The minimum atomic E-state index is -0.465. The Morgan fingerprint density at radius 1 is 1.29 bits per heavy atom. The topological polar surface area (TPSA) is 58.4 Å². The molecule has 3 N–H and O–H groups in total. The molecule has 2 fully saturated rings. The summed E-state index contributed by atoms with van der Waals surface area (Å²) in [5, 5.41) is 3.38. The van der Waals surface area contributed by atoms with Crippen LogP contribution in [0.5, 0.6) is 0 Å². The van der Waals surface area contributed by atoms with E-state index in [2.05, 4.69) is 31.0 Å². The van der Waals surface area contributed by atoms with Crippen LogP contribution in [-0.4, -0.2) is 41.5 Å². The molecule has 2 aliphatic rings.